The standard InChI is InChI=1S/C21H22ClN4O7P/c1-21(2)32-17-15(9-30-34(27,28)29)31-20(18(17)33-21)26-11-25-16-14(23-10-24-19(16)26)7-6-12-4-3-5-13(22)8-12/h3-8,10-11,15,17-18,20H,9H2,1-2H3,(H2,27,28,29)/t15-,17-,18-,20-/m1/s1. The fourth-order valence-corrected chi connectivity index (χ4v) is 4.69. The molecule has 34 heavy (non-hydrogen) atoms. The van der Waals surface area contributed by atoms with E-state index in [1.165, 1.54) is 6.33 Å². The minimum Gasteiger partial charge on any atom is -0.347 e. The van der Waals surface area contributed by atoms with Crippen LogP contribution in [-0.4, -0.2) is 60.0 Å². The van der Waals surface area contributed by atoms with Crippen molar-refractivity contribution in [3.63, 3.8) is 0 Å². The molecule has 0 aliphatic carbocycles. The third-order valence-corrected chi connectivity index (χ3v) is 6.20. The molecule has 11 nitrogen and oxygen atoms in total. The topological polar surface area (TPSA) is 138 Å². The van der Waals surface area contributed by atoms with Gasteiger partial charge in [0.15, 0.2) is 17.7 Å². The number of benzene rings is 1. The van der Waals surface area contributed by atoms with Gasteiger partial charge in [-0.25, -0.2) is 19.5 Å². The predicted molar refractivity (Wildman–Crippen MR) is 121 cm³/mol. The van der Waals surface area contributed by atoms with Crippen molar-refractivity contribution in [1.82, 2.24) is 19.5 Å². The lowest BCUT2D eigenvalue weighted by Crippen LogP contribution is -2.32. The number of hydrogen-bond donors (Lipinski definition) is 2. The Morgan fingerprint density at radius 3 is 2.76 bits per heavy atom. The number of phosphoric ester groups is 1. The second-order valence-electron chi connectivity index (χ2n) is 8.39. The molecule has 2 fully saturated rings. The number of nitrogens with zero attached hydrogens (tertiary/aromatic N) is 4. The van der Waals surface area contributed by atoms with E-state index < -0.39 is 38.1 Å². The molecule has 4 atom stereocenters. The van der Waals surface area contributed by atoms with Crippen LogP contribution in [0, 0.1) is 0 Å². The average Bonchev–Trinajstić information content (AvgIpc) is 3.41. The van der Waals surface area contributed by atoms with Crippen molar-refractivity contribution in [2.75, 3.05) is 6.61 Å². The molecule has 0 radical (unpaired) electrons. The zero-order valence-corrected chi connectivity index (χ0v) is 19.8. The molecule has 5 rings (SSSR count). The van der Waals surface area contributed by atoms with Crippen molar-refractivity contribution in [2.24, 2.45) is 0 Å². The first kappa shape index (κ1) is 23.5. The summed E-state index contributed by atoms with van der Waals surface area (Å²) >= 11 is 6.06. The molecule has 2 aliphatic rings. The fourth-order valence-electron chi connectivity index (χ4n) is 4.15. The van der Waals surface area contributed by atoms with Crippen LogP contribution >= 0.6 is 19.4 Å². The Hall–Kier alpha value is -2.21. The SMILES string of the molecule is CC1(C)O[C@@H]2[C@H](O1)[C@@H](COP(=O)(O)O)O[C@H]2n1cnc2c(C=Cc3cccc(Cl)c3)ncnc21. The minimum atomic E-state index is -4.68. The van der Waals surface area contributed by atoms with Crippen LogP contribution in [0.2, 0.25) is 5.02 Å². The highest BCUT2D eigenvalue weighted by Crippen LogP contribution is 2.45. The van der Waals surface area contributed by atoms with Crippen LogP contribution < -0.4 is 0 Å². The maximum Gasteiger partial charge on any atom is 0.469 e. The highest BCUT2D eigenvalue weighted by Gasteiger charge is 2.56. The summed E-state index contributed by atoms with van der Waals surface area (Å²) in [6.07, 6.45) is 4.04. The summed E-state index contributed by atoms with van der Waals surface area (Å²) in [5.41, 5.74) is 2.57. The van der Waals surface area contributed by atoms with Crippen LogP contribution in [0.15, 0.2) is 36.9 Å². The number of rotatable bonds is 6. The summed E-state index contributed by atoms with van der Waals surface area (Å²) in [5.74, 6) is -0.909. The molecule has 0 saturated carbocycles. The molecule has 0 unspecified atom stereocenters. The smallest absolute Gasteiger partial charge is 0.347 e. The summed E-state index contributed by atoms with van der Waals surface area (Å²) < 4.78 is 35.7. The molecule has 2 N–H and O–H groups in total. The van der Waals surface area contributed by atoms with Gasteiger partial charge in [0.25, 0.3) is 0 Å². The monoisotopic (exact) mass is 508 g/mol. The zero-order chi connectivity index (χ0) is 24.1. The summed E-state index contributed by atoms with van der Waals surface area (Å²) in [4.78, 5) is 31.4. The number of halogens is 1. The van der Waals surface area contributed by atoms with Gasteiger partial charge in [0.05, 0.1) is 18.6 Å². The van der Waals surface area contributed by atoms with E-state index >= 15 is 0 Å². The van der Waals surface area contributed by atoms with Crippen molar-refractivity contribution in [3.05, 3.63) is 53.2 Å². The van der Waals surface area contributed by atoms with Crippen molar-refractivity contribution in [1.29, 1.82) is 0 Å². The van der Waals surface area contributed by atoms with Crippen molar-refractivity contribution >= 4 is 42.7 Å². The lowest BCUT2D eigenvalue weighted by atomic mass is 10.1. The summed E-state index contributed by atoms with van der Waals surface area (Å²) in [5, 5.41) is 0.631. The van der Waals surface area contributed by atoms with E-state index in [1.807, 2.05) is 30.4 Å². The van der Waals surface area contributed by atoms with Crippen LogP contribution in [0.1, 0.15) is 31.3 Å². The quantitative estimate of drug-likeness (QED) is 0.477. The van der Waals surface area contributed by atoms with Gasteiger partial charge in [0.1, 0.15) is 30.2 Å². The highest BCUT2D eigenvalue weighted by molar-refractivity contribution is 7.46. The molecule has 2 aromatic heterocycles. The molecule has 0 amide bonds. The molecule has 3 aromatic rings. The molecule has 1 aromatic carbocycles. The van der Waals surface area contributed by atoms with Crippen LogP contribution in [0.3, 0.4) is 0 Å². The number of imidazole rings is 1. The van der Waals surface area contributed by atoms with Crippen molar-refractivity contribution < 1.29 is 33.1 Å². The molecule has 2 aliphatic heterocycles. The second-order valence-corrected chi connectivity index (χ2v) is 10.1. The Morgan fingerprint density at radius 1 is 1.21 bits per heavy atom. The van der Waals surface area contributed by atoms with Gasteiger partial charge in [-0.1, -0.05) is 29.8 Å². The highest BCUT2D eigenvalue weighted by atomic mass is 35.5. The van der Waals surface area contributed by atoms with Gasteiger partial charge in [-0.3, -0.25) is 9.09 Å². The average molecular weight is 509 g/mol. The van der Waals surface area contributed by atoms with Gasteiger partial charge in [-0.05, 0) is 37.6 Å². The van der Waals surface area contributed by atoms with Gasteiger partial charge in [-0.15, -0.1) is 0 Å². The number of phosphoric acid groups is 1. The Labute approximate surface area is 199 Å². The van der Waals surface area contributed by atoms with Gasteiger partial charge in [0, 0.05) is 5.02 Å². The van der Waals surface area contributed by atoms with E-state index in [-0.39, 0.29) is 6.61 Å². The van der Waals surface area contributed by atoms with E-state index in [2.05, 4.69) is 19.5 Å². The summed E-state index contributed by atoms with van der Waals surface area (Å²) in [7, 11) is -4.68. The number of hydrogen-bond acceptors (Lipinski definition) is 8. The van der Waals surface area contributed by atoms with Crippen LogP contribution in [0.4, 0.5) is 0 Å². The first-order chi connectivity index (χ1) is 16.1. The third kappa shape index (κ3) is 4.79. The Balaban J connectivity index is 1.45. The number of aromatic nitrogens is 4. The van der Waals surface area contributed by atoms with Gasteiger partial charge >= 0.3 is 7.82 Å². The molecular weight excluding hydrogens is 487 g/mol. The van der Waals surface area contributed by atoms with Crippen LogP contribution in [0.5, 0.6) is 0 Å². The molecule has 0 spiro atoms. The number of ether oxygens (including phenoxy) is 3. The fraction of sp³-hybridized carbons (Fsp3) is 0.381. The molecule has 4 heterocycles. The van der Waals surface area contributed by atoms with E-state index in [9.17, 15) is 4.57 Å². The molecule has 2 saturated heterocycles. The first-order valence-electron chi connectivity index (χ1n) is 10.4. The first-order valence-corrected chi connectivity index (χ1v) is 12.3. The second kappa shape index (κ2) is 8.78. The Morgan fingerprint density at radius 2 is 2.00 bits per heavy atom. The van der Waals surface area contributed by atoms with Crippen molar-refractivity contribution in [2.45, 2.75) is 44.2 Å². The summed E-state index contributed by atoms with van der Waals surface area (Å²) in [6.45, 7) is 3.16. The maximum absolute atomic E-state index is 11.2. The minimum absolute atomic E-state index is 0.364. The third-order valence-electron chi connectivity index (χ3n) is 5.48. The van der Waals surface area contributed by atoms with Gasteiger partial charge in [0.2, 0.25) is 0 Å². The Kier molecular flexibility index (Phi) is 6.07. The Bertz CT molecular complexity index is 1290. The van der Waals surface area contributed by atoms with E-state index in [0.29, 0.717) is 21.9 Å². The zero-order valence-electron chi connectivity index (χ0n) is 18.2. The molecule has 0 bridgehead atoms. The van der Waals surface area contributed by atoms with Crippen LogP contribution in [0.25, 0.3) is 23.3 Å². The van der Waals surface area contributed by atoms with E-state index in [1.54, 1.807) is 30.8 Å². The van der Waals surface area contributed by atoms with Crippen molar-refractivity contribution in [3.8, 4) is 0 Å². The van der Waals surface area contributed by atoms with Gasteiger partial charge in [-0.2, -0.15) is 0 Å². The van der Waals surface area contributed by atoms with E-state index in [0.717, 1.165) is 5.56 Å². The molecule has 180 valence electrons. The largest absolute Gasteiger partial charge is 0.469 e. The lowest BCUT2D eigenvalue weighted by molar-refractivity contribution is -0.199. The lowest BCUT2D eigenvalue weighted by Gasteiger charge is -2.24. The normalized spacial score (nSPS) is 26.5. The van der Waals surface area contributed by atoms with Gasteiger partial charge < -0.3 is 24.0 Å². The molecule has 13 heteroatoms. The summed E-state index contributed by atoms with van der Waals surface area (Å²) in [6, 6.07) is 7.41. The molecular formula is C21H22ClN4O7P. The van der Waals surface area contributed by atoms with Crippen LogP contribution in [-0.2, 0) is 23.3 Å². The number of fused-ring (bicyclic) bond motifs is 2. The predicted octanol–water partition coefficient (Wildman–Crippen LogP) is 3.18. The van der Waals surface area contributed by atoms with E-state index in [4.69, 9.17) is 35.6 Å². The maximum atomic E-state index is 11.2.